The number of amides is 1. The van der Waals surface area contributed by atoms with Gasteiger partial charge in [-0.15, -0.1) is 0 Å². The second-order valence-electron chi connectivity index (χ2n) is 5.05. The molecular weight excluding hydrogens is 370 g/mol. The quantitative estimate of drug-likeness (QED) is 0.847. The molecule has 1 aliphatic heterocycles. The molecule has 0 spiro atoms. The van der Waals surface area contributed by atoms with E-state index in [9.17, 15) is 22.0 Å². The van der Waals surface area contributed by atoms with E-state index in [0.717, 1.165) is 12.5 Å². The van der Waals surface area contributed by atoms with E-state index in [1.54, 1.807) is 0 Å². The van der Waals surface area contributed by atoms with Gasteiger partial charge in [0, 0.05) is 17.6 Å². The SMILES string of the molecule is CC1CCN(C(=O)c2c(F)cc(Br)c(S(N)(=O)=O)c2F)C1. The van der Waals surface area contributed by atoms with Crippen LogP contribution in [0.15, 0.2) is 15.4 Å². The zero-order chi connectivity index (χ0) is 15.9. The van der Waals surface area contributed by atoms with Crippen LogP contribution >= 0.6 is 15.9 Å². The Balaban J connectivity index is 2.57. The molecule has 1 atom stereocenters. The molecule has 1 unspecified atom stereocenters. The zero-order valence-corrected chi connectivity index (χ0v) is 13.5. The number of carbonyl (C=O) groups excluding carboxylic acids is 1. The maximum atomic E-state index is 14.3. The molecule has 0 bridgehead atoms. The summed E-state index contributed by atoms with van der Waals surface area (Å²) in [6.07, 6.45) is 0.730. The molecule has 2 N–H and O–H groups in total. The topological polar surface area (TPSA) is 80.5 Å². The third-order valence-electron chi connectivity index (χ3n) is 3.34. The maximum absolute atomic E-state index is 14.3. The number of hydrogen-bond acceptors (Lipinski definition) is 3. The lowest BCUT2D eigenvalue weighted by atomic mass is 10.1. The van der Waals surface area contributed by atoms with Crippen LogP contribution in [0, 0.1) is 17.6 Å². The monoisotopic (exact) mass is 382 g/mol. The van der Waals surface area contributed by atoms with Crippen molar-refractivity contribution in [1.82, 2.24) is 4.90 Å². The molecule has 1 aromatic carbocycles. The number of nitrogens with two attached hydrogens (primary N) is 1. The molecule has 21 heavy (non-hydrogen) atoms. The number of sulfonamides is 1. The highest BCUT2D eigenvalue weighted by atomic mass is 79.9. The lowest BCUT2D eigenvalue weighted by molar-refractivity contribution is 0.0777. The number of rotatable bonds is 2. The summed E-state index contributed by atoms with van der Waals surface area (Å²) in [7, 11) is -4.43. The second-order valence-corrected chi connectivity index (χ2v) is 7.40. The summed E-state index contributed by atoms with van der Waals surface area (Å²) in [5, 5.41) is 4.91. The van der Waals surface area contributed by atoms with Gasteiger partial charge < -0.3 is 4.90 Å². The van der Waals surface area contributed by atoms with E-state index in [1.807, 2.05) is 6.92 Å². The van der Waals surface area contributed by atoms with Crippen molar-refractivity contribution >= 4 is 31.9 Å². The van der Waals surface area contributed by atoms with Crippen LogP contribution in [0.5, 0.6) is 0 Å². The van der Waals surface area contributed by atoms with Crippen LogP contribution in [0.2, 0.25) is 0 Å². The summed E-state index contributed by atoms with van der Waals surface area (Å²) in [4.78, 5) is 12.6. The van der Waals surface area contributed by atoms with E-state index in [4.69, 9.17) is 5.14 Å². The molecule has 1 amide bonds. The van der Waals surface area contributed by atoms with Gasteiger partial charge in [-0.25, -0.2) is 22.3 Å². The lowest BCUT2D eigenvalue weighted by Crippen LogP contribution is -2.31. The molecule has 2 rings (SSSR count). The van der Waals surface area contributed by atoms with Crippen molar-refractivity contribution in [1.29, 1.82) is 0 Å². The van der Waals surface area contributed by atoms with Crippen LogP contribution in [0.4, 0.5) is 8.78 Å². The standard InChI is InChI=1S/C12H13BrF2N2O3S/c1-6-2-3-17(5-6)12(18)9-8(14)4-7(13)11(10(9)15)21(16,19)20/h4,6H,2-3,5H2,1H3,(H2,16,19,20). The van der Waals surface area contributed by atoms with Gasteiger partial charge in [0.2, 0.25) is 10.0 Å². The van der Waals surface area contributed by atoms with Crippen LogP contribution in [0.25, 0.3) is 0 Å². The highest BCUT2D eigenvalue weighted by Crippen LogP contribution is 2.30. The number of carbonyl (C=O) groups is 1. The first-order valence-corrected chi connectivity index (χ1v) is 8.46. The van der Waals surface area contributed by atoms with Gasteiger partial charge in [-0.2, -0.15) is 0 Å². The fraction of sp³-hybridized carbons (Fsp3) is 0.417. The molecule has 1 saturated heterocycles. The minimum atomic E-state index is -4.43. The van der Waals surface area contributed by atoms with Crippen LogP contribution < -0.4 is 5.14 Å². The fourth-order valence-corrected chi connectivity index (χ4v) is 4.04. The Kier molecular flexibility index (Phi) is 4.36. The van der Waals surface area contributed by atoms with Gasteiger partial charge in [-0.05, 0) is 34.3 Å². The maximum Gasteiger partial charge on any atom is 0.259 e. The van der Waals surface area contributed by atoms with Crippen molar-refractivity contribution in [2.75, 3.05) is 13.1 Å². The van der Waals surface area contributed by atoms with Gasteiger partial charge in [0.15, 0.2) is 5.82 Å². The van der Waals surface area contributed by atoms with E-state index in [-0.39, 0.29) is 10.4 Å². The molecule has 0 aliphatic carbocycles. The van der Waals surface area contributed by atoms with Gasteiger partial charge in [0.25, 0.3) is 5.91 Å². The lowest BCUT2D eigenvalue weighted by Gasteiger charge is -2.18. The van der Waals surface area contributed by atoms with Crippen LogP contribution in [-0.2, 0) is 10.0 Å². The van der Waals surface area contributed by atoms with Gasteiger partial charge in [-0.1, -0.05) is 6.92 Å². The van der Waals surface area contributed by atoms with Gasteiger partial charge >= 0.3 is 0 Å². The van der Waals surface area contributed by atoms with Gasteiger partial charge in [0.1, 0.15) is 16.3 Å². The van der Waals surface area contributed by atoms with Crippen LogP contribution in [0.3, 0.4) is 0 Å². The second kappa shape index (κ2) is 5.62. The Bertz CT molecular complexity index is 709. The fourth-order valence-electron chi connectivity index (χ4n) is 2.31. The first-order chi connectivity index (χ1) is 9.62. The predicted molar refractivity (Wildman–Crippen MR) is 75.1 cm³/mol. The number of halogens is 3. The first-order valence-electron chi connectivity index (χ1n) is 6.12. The number of likely N-dealkylation sites (tertiary alicyclic amines) is 1. The van der Waals surface area contributed by atoms with Crippen molar-refractivity contribution < 1.29 is 22.0 Å². The molecule has 1 aliphatic rings. The molecule has 116 valence electrons. The smallest absolute Gasteiger partial charge is 0.259 e. The van der Waals surface area contributed by atoms with Gasteiger partial charge in [-0.3, -0.25) is 4.79 Å². The minimum Gasteiger partial charge on any atom is -0.338 e. The molecule has 0 saturated carbocycles. The van der Waals surface area contributed by atoms with E-state index in [1.165, 1.54) is 4.90 Å². The number of primary sulfonamides is 1. The Morgan fingerprint density at radius 3 is 2.57 bits per heavy atom. The molecule has 1 heterocycles. The molecule has 0 radical (unpaired) electrons. The summed E-state index contributed by atoms with van der Waals surface area (Å²) in [6.45, 7) is 2.66. The highest BCUT2D eigenvalue weighted by molar-refractivity contribution is 9.10. The summed E-state index contributed by atoms with van der Waals surface area (Å²) in [5.74, 6) is -3.23. The van der Waals surface area contributed by atoms with E-state index < -0.39 is 38.0 Å². The highest BCUT2D eigenvalue weighted by Gasteiger charge is 2.32. The summed E-state index contributed by atoms with van der Waals surface area (Å²) >= 11 is 2.75. The Morgan fingerprint density at radius 2 is 2.10 bits per heavy atom. The van der Waals surface area contributed by atoms with E-state index in [2.05, 4.69) is 15.9 Å². The van der Waals surface area contributed by atoms with Crippen molar-refractivity contribution in [2.24, 2.45) is 11.1 Å². The summed E-state index contributed by atoms with van der Waals surface area (Å²) in [6, 6.07) is 0.732. The third-order valence-corrected chi connectivity index (χ3v) is 5.19. The average Bonchev–Trinajstić information content (AvgIpc) is 2.72. The van der Waals surface area contributed by atoms with E-state index >= 15 is 0 Å². The molecule has 1 fully saturated rings. The molecule has 9 heteroatoms. The van der Waals surface area contributed by atoms with Crippen molar-refractivity contribution in [3.05, 3.63) is 27.7 Å². The number of nitrogens with zero attached hydrogens (tertiary/aromatic N) is 1. The largest absolute Gasteiger partial charge is 0.338 e. The molecular formula is C12H13BrF2N2O3S. The Hall–Kier alpha value is -1.06. The zero-order valence-electron chi connectivity index (χ0n) is 11.1. The summed E-state index contributed by atoms with van der Waals surface area (Å²) < 4.78 is 50.7. The Labute approximate surface area is 129 Å². The molecule has 5 nitrogen and oxygen atoms in total. The Morgan fingerprint density at radius 1 is 1.48 bits per heavy atom. The molecule has 0 aromatic heterocycles. The summed E-state index contributed by atoms with van der Waals surface area (Å²) in [5.41, 5.74) is -0.892. The predicted octanol–water partition coefficient (Wildman–Crippen LogP) is 1.86. The average molecular weight is 383 g/mol. The number of benzene rings is 1. The molecule has 1 aromatic rings. The van der Waals surface area contributed by atoms with E-state index in [0.29, 0.717) is 13.1 Å². The normalized spacial score (nSPS) is 19.1. The van der Waals surface area contributed by atoms with Crippen molar-refractivity contribution in [2.45, 2.75) is 18.2 Å². The first kappa shape index (κ1) is 16.3. The van der Waals surface area contributed by atoms with Gasteiger partial charge in [0.05, 0.1) is 0 Å². The third kappa shape index (κ3) is 3.09. The van der Waals surface area contributed by atoms with Crippen LogP contribution in [-0.4, -0.2) is 32.3 Å². The van der Waals surface area contributed by atoms with Crippen molar-refractivity contribution in [3.63, 3.8) is 0 Å². The van der Waals surface area contributed by atoms with Crippen LogP contribution in [0.1, 0.15) is 23.7 Å². The minimum absolute atomic E-state index is 0.230. The van der Waals surface area contributed by atoms with Crippen molar-refractivity contribution in [3.8, 4) is 0 Å². The number of hydrogen-bond donors (Lipinski definition) is 1.